The molecule has 0 aliphatic heterocycles. The van der Waals surface area contributed by atoms with Gasteiger partial charge in [0, 0.05) is 6.92 Å². The lowest BCUT2D eigenvalue weighted by molar-refractivity contribution is -0.175. The third-order valence-electron chi connectivity index (χ3n) is 1.84. The van der Waals surface area contributed by atoms with Crippen molar-refractivity contribution in [1.82, 2.24) is 5.32 Å². The highest BCUT2D eigenvalue weighted by atomic mass is 19.4. The number of rotatable bonds is 5. The van der Waals surface area contributed by atoms with E-state index in [4.69, 9.17) is 0 Å². The molecular formula is C10H16F3NO3. The number of carbonyl (C=O) groups is 2. The molecule has 0 saturated carbocycles. The SMILES string of the molecule is CC(=O)OCC(CC(C)C)NC(=O)C(F)(F)F. The first-order valence-electron chi connectivity index (χ1n) is 5.14. The molecular weight excluding hydrogens is 239 g/mol. The standard InChI is InChI=1S/C10H16F3NO3/c1-6(2)4-8(5-17-7(3)15)14-9(16)10(11,12)13/h6,8H,4-5H2,1-3H3,(H,14,16). The fourth-order valence-electron chi connectivity index (χ4n) is 1.22. The van der Waals surface area contributed by atoms with Crippen LogP contribution in [0.2, 0.25) is 0 Å². The highest BCUT2D eigenvalue weighted by Crippen LogP contribution is 2.15. The average Bonchev–Trinajstić information content (AvgIpc) is 2.11. The zero-order valence-corrected chi connectivity index (χ0v) is 9.93. The maximum absolute atomic E-state index is 12.0. The number of ether oxygens (including phenoxy) is 1. The van der Waals surface area contributed by atoms with Gasteiger partial charge in [0.05, 0.1) is 6.04 Å². The van der Waals surface area contributed by atoms with E-state index < -0.39 is 24.1 Å². The van der Waals surface area contributed by atoms with Crippen LogP contribution in [-0.4, -0.2) is 30.7 Å². The Hall–Kier alpha value is -1.27. The summed E-state index contributed by atoms with van der Waals surface area (Å²) in [4.78, 5) is 21.3. The van der Waals surface area contributed by atoms with Gasteiger partial charge in [-0.3, -0.25) is 9.59 Å². The molecule has 1 atom stereocenters. The number of hydrogen-bond acceptors (Lipinski definition) is 3. The predicted octanol–water partition coefficient (Wildman–Crippen LogP) is 1.64. The molecule has 0 spiro atoms. The molecule has 1 N–H and O–H groups in total. The molecule has 1 amide bonds. The Morgan fingerprint density at radius 1 is 1.29 bits per heavy atom. The van der Waals surface area contributed by atoms with Crippen LogP contribution in [0.15, 0.2) is 0 Å². The van der Waals surface area contributed by atoms with Crippen molar-refractivity contribution in [1.29, 1.82) is 0 Å². The number of halogens is 3. The maximum atomic E-state index is 12.0. The van der Waals surface area contributed by atoms with Gasteiger partial charge in [-0.05, 0) is 12.3 Å². The summed E-state index contributed by atoms with van der Waals surface area (Å²) in [6.07, 6.45) is -4.62. The lowest BCUT2D eigenvalue weighted by Gasteiger charge is -2.20. The molecule has 0 fully saturated rings. The fourth-order valence-corrected chi connectivity index (χ4v) is 1.22. The molecule has 0 heterocycles. The summed E-state index contributed by atoms with van der Waals surface area (Å²) >= 11 is 0. The normalized spacial score (nSPS) is 13.4. The molecule has 17 heavy (non-hydrogen) atoms. The van der Waals surface area contributed by atoms with Crippen LogP contribution in [0.3, 0.4) is 0 Å². The zero-order valence-electron chi connectivity index (χ0n) is 9.93. The van der Waals surface area contributed by atoms with Crippen LogP contribution in [0.1, 0.15) is 27.2 Å². The van der Waals surface area contributed by atoms with Crippen molar-refractivity contribution in [2.24, 2.45) is 5.92 Å². The Kier molecular flexibility index (Phi) is 5.98. The minimum atomic E-state index is -4.93. The summed E-state index contributed by atoms with van der Waals surface area (Å²) in [6, 6.07) is -0.826. The first-order valence-corrected chi connectivity index (χ1v) is 5.14. The average molecular weight is 255 g/mol. The minimum Gasteiger partial charge on any atom is -0.464 e. The van der Waals surface area contributed by atoms with Gasteiger partial charge in [0.1, 0.15) is 6.61 Å². The Morgan fingerprint density at radius 3 is 2.18 bits per heavy atom. The largest absolute Gasteiger partial charge is 0.471 e. The van der Waals surface area contributed by atoms with Gasteiger partial charge in [0.25, 0.3) is 0 Å². The molecule has 0 radical (unpaired) electrons. The Bertz CT molecular complexity index is 276. The van der Waals surface area contributed by atoms with Crippen LogP contribution in [-0.2, 0) is 14.3 Å². The van der Waals surface area contributed by atoms with E-state index in [0.29, 0.717) is 6.42 Å². The molecule has 0 saturated heterocycles. The Balaban J connectivity index is 4.38. The van der Waals surface area contributed by atoms with Gasteiger partial charge in [0.15, 0.2) is 0 Å². The highest BCUT2D eigenvalue weighted by molar-refractivity contribution is 5.82. The Morgan fingerprint density at radius 2 is 1.82 bits per heavy atom. The van der Waals surface area contributed by atoms with E-state index in [0.717, 1.165) is 6.92 Å². The molecule has 7 heteroatoms. The molecule has 0 aliphatic carbocycles. The maximum Gasteiger partial charge on any atom is 0.471 e. The third kappa shape index (κ3) is 7.59. The number of carbonyl (C=O) groups excluding carboxylic acids is 2. The number of esters is 1. The number of nitrogens with one attached hydrogen (secondary N) is 1. The van der Waals surface area contributed by atoms with E-state index in [1.165, 1.54) is 0 Å². The summed E-state index contributed by atoms with van der Waals surface area (Å²) in [5.74, 6) is -2.54. The van der Waals surface area contributed by atoms with E-state index in [1.807, 2.05) is 0 Å². The van der Waals surface area contributed by atoms with Crippen molar-refractivity contribution in [3.63, 3.8) is 0 Å². The van der Waals surface area contributed by atoms with Crippen LogP contribution < -0.4 is 5.32 Å². The van der Waals surface area contributed by atoms with Crippen molar-refractivity contribution in [2.75, 3.05) is 6.61 Å². The van der Waals surface area contributed by atoms with Crippen LogP contribution in [0.5, 0.6) is 0 Å². The van der Waals surface area contributed by atoms with E-state index in [1.54, 1.807) is 19.2 Å². The molecule has 0 aliphatic rings. The highest BCUT2D eigenvalue weighted by Gasteiger charge is 2.39. The molecule has 0 aromatic rings. The quantitative estimate of drug-likeness (QED) is 0.760. The molecule has 1 unspecified atom stereocenters. The van der Waals surface area contributed by atoms with E-state index in [2.05, 4.69) is 4.74 Å². The second-order valence-corrected chi connectivity index (χ2v) is 4.10. The molecule has 0 aromatic heterocycles. The fraction of sp³-hybridized carbons (Fsp3) is 0.800. The van der Waals surface area contributed by atoms with Gasteiger partial charge in [-0.25, -0.2) is 0 Å². The second kappa shape index (κ2) is 6.46. The van der Waals surface area contributed by atoms with Crippen LogP contribution in [0, 0.1) is 5.92 Å². The monoisotopic (exact) mass is 255 g/mol. The van der Waals surface area contributed by atoms with Gasteiger partial charge in [-0.1, -0.05) is 13.8 Å². The van der Waals surface area contributed by atoms with Crippen molar-refractivity contribution in [3.05, 3.63) is 0 Å². The molecule has 100 valence electrons. The van der Waals surface area contributed by atoms with Crippen molar-refractivity contribution in [2.45, 2.75) is 39.4 Å². The summed E-state index contributed by atoms with van der Waals surface area (Å²) in [5, 5.41) is 1.80. The van der Waals surface area contributed by atoms with E-state index in [-0.39, 0.29) is 12.5 Å². The van der Waals surface area contributed by atoms with E-state index >= 15 is 0 Å². The number of alkyl halides is 3. The van der Waals surface area contributed by atoms with Crippen LogP contribution >= 0.6 is 0 Å². The van der Waals surface area contributed by atoms with Crippen molar-refractivity contribution in [3.8, 4) is 0 Å². The van der Waals surface area contributed by atoms with Gasteiger partial charge in [-0.2, -0.15) is 13.2 Å². The zero-order chi connectivity index (χ0) is 13.6. The molecule has 0 aromatic carbocycles. The molecule has 0 rings (SSSR count). The molecule has 4 nitrogen and oxygen atoms in total. The van der Waals surface area contributed by atoms with Crippen molar-refractivity contribution >= 4 is 11.9 Å². The third-order valence-corrected chi connectivity index (χ3v) is 1.84. The topological polar surface area (TPSA) is 55.4 Å². The Labute approximate surface area is 97.5 Å². The summed E-state index contributed by atoms with van der Waals surface area (Å²) < 4.78 is 40.7. The second-order valence-electron chi connectivity index (χ2n) is 4.10. The summed E-state index contributed by atoms with van der Waals surface area (Å²) in [5.41, 5.74) is 0. The first-order chi connectivity index (χ1) is 7.62. The molecule has 0 bridgehead atoms. The van der Waals surface area contributed by atoms with Gasteiger partial charge in [0.2, 0.25) is 0 Å². The van der Waals surface area contributed by atoms with Gasteiger partial charge < -0.3 is 10.1 Å². The van der Waals surface area contributed by atoms with Crippen LogP contribution in [0.25, 0.3) is 0 Å². The smallest absolute Gasteiger partial charge is 0.464 e. The minimum absolute atomic E-state index is 0.0732. The number of hydrogen-bond donors (Lipinski definition) is 1. The predicted molar refractivity (Wildman–Crippen MR) is 54.1 cm³/mol. The van der Waals surface area contributed by atoms with E-state index in [9.17, 15) is 22.8 Å². The summed E-state index contributed by atoms with van der Waals surface area (Å²) in [7, 11) is 0. The first kappa shape index (κ1) is 15.7. The summed E-state index contributed by atoms with van der Waals surface area (Å²) in [6.45, 7) is 4.48. The lowest BCUT2D eigenvalue weighted by Crippen LogP contribution is -2.45. The van der Waals surface area contributed by atoms with Gasteiger partial charge >= 0.3 is 18.1 Å². The number of amides is 1. The lowest BCUT2D eigenvalue weighted by atomic mass is 10.0. The van der Waals surface area contributed by atoms with Gasteiger partial charge in [-0.15, -0.1) is 0 Å². The van der Waals surface area contributed by atoms with Crippen molar-refractivity contribution < 1.29 is 27.5 Å². The van der Waals surface area contributed by atoms with Crippen LogP contribution in [0.4, 0.5) is 13.2 Å².